The Morgan fingerprint density at radius 2 is 2.00 bits per heavy atom. The van der Waals surface area contributed by atoms with Crippen LogP contribution < -0.4 is 17.0 Å². The van der Waals surface area contributed by atoms with Gasteiger partial charge < -0.3 is 16.8 Å². The van der Waals surface area contributed by atoms with Crippen LogP contribution in [0.2, 0.25) is 19.6 Å². The molecule has 1 rings (SSSR count). The lowest BCUT2D eigenvalue weighted by Gasteiger charge is -2.15. The molecule has 0 fully saturated rings. The van der Waals surface area contributed by atoms with Crippen molar-refractivity contribution in [3.63, 3.8) is 0 Å². The van der Waals surface area contributed by atoms with Crippen LogP contribution in [0.5, 0.6) is 0 Å². The molecule has 3 nitrogen and oxygen atoms in total. The van der Waals surface area contributed by atoms with E-state index in [9.17, 15) is 0 Å². The summed E-state index contributed by atoms with van der Waals surface area (Å²) in [5, 5.41) is 0. The van der Waals surface area contributed by atoms with Crippen LogP contribution in [0, 0.1) is 0 Å². The number of nitrogens with zero attached hydrogens (tertiary/aromatic N) is 2. The van der Waals surface area contributed by atoms with E-state index in [0.717, 1.165) is 13.2 Å². The molecular formula is C9H19ClN2OSi. The van der Waals surface area contributed by atoms with Crippen molar-refractivity contribution >= 4 is 8.32 Å². The lowest BCUT2D eigenvalue weighted by Crippen LogP contribution is -3.00. The normalized spacial score (nSPS) is 11.1. The van der Waals surface area contributed by atoms with Gasteiger partial charge in [0.15, 0.2) is 8.32 Å². The van der Waals surface area contributed by atoms with Gasteiger partial charge in [0, 0.05) is 0 Å². The molecule has 0 spiro atoms. The number of halogens is 1. The lowest BCUT2D eigenvalue weighted by molar-refractivity contribution is -0.671. The monoisotopic (exact) mass is 234 g/mol. The highest BCUT2D eigenvalue weighted by Crippen LogP contribution is 2.02. The second-order valence-corrected chi connectivity index (χ2v) is 8.79. The predicted octanol–water partition coefficient (Wildman–Crippen LogP) is -1.83. The van der Waals surface area contributed by atoms with Crippen molar-refractivity contribution < 1.29 is 21.4 Å². The van der Waals surface area contributed by atoms with Crippen LogP contribution in [-0.4, -0.2) is 19.5 Å². The van der Waals surface area contributed by atoms with Crippen LogP contribution in [0.4, 0.5) is 0 Å². The van der Waals surface area contributed by atoms with E-state index in [1.807, 2.05) is 17.8 Å². The number of rotatable bonds is 4. The molecule has 0 N–H and O–H groups in total. The Morgan fingerprint density at radius 3 is 2.43 bits per heavy atom. The van der Waals surface area contributed by atoms with Crippen molar-refractivity contribution in [1.82, 2.24) is 4.57 Å². The molecule has 82 valence electrons. The van der Waals surface area contributed by atoms with Gasteiger partial charge in [0.1, 0.15) is 18.9 Å². The molecule has 0 aliphatic rings. The summed E-state index contributed by atoms with van der Waals surface area (Å²) < 4.78 is 9.93. The van der Waals surface area contributed by atoms with E-state index in [1.54, 1.807) is 0 Å². The third-order valence-corrected chi connectivity index (χ3v) is 2.78. The average molecular weight is 235 g/mol. The molecule has 1 aromatic heterocycles. The van der Waals surface area contributed by atoms with Crippen molar-refractivity contribution in [1.29, 1.82) is 0 Å². The molecule has 0 aliphatic carbocycles. The molecule has 0 atom stereocenters. The Hall–Kier alpha value is -0.323. The van der Waals surface area contributed by atoms with E-state index in [4.69, 9.17) is 4.43 Å². The third kappa shape index (κ3) is 5.42. The lowest BCUT2D eigenvalue weighted by atomic mass is 10.7. The number of imidazole rings is 1. The highest BCUT2D eigenvalue weighted by molar-refractivity contribution is 6.69. The van der Waals surface area contributed by atoms with Gasteiger partial charge in [-0.05, 0) is 19.6 Å². The molecule has 0 saturated carbocycles. The second-order valence-electron chi connectivity index (χ2n) is 4.28. The topological polar surface area (TPSA) is 18.0 Å². The molecule has 1 heterocycles. The van der Waals surface area contributed by atoms with Crippen LogP contribution in [-0.2, 0) is 18.0 Å². The summed E-state index contributed by atoms with van der Waals surface area (Å²) >= 11 is 0. The molecule has 0 aliphatic heterocycles. The molecule has 0 amide bonds. The van der Waals surface area contributed by atoms with Gasteiger partial charge in [-0.2, -0.15) is 0 Å². The number of aryl methyl sites for hydroxylation is 1. The maximum absolute atomic E-state index is 5.75. The van der Waals surface area contributed by atoms with Gasteiger partial charge in [-0.3, -0.25) is 0 Å². The summed E-state index contributed by atoms with van der Waals surface area (Å²) in [5.74, 6) is 0. The Balaban J connectivity index is 0.00000169. The molecule has 0 saturated heterocycles. The van der Waals surface area contributed by atoms with E-state index in [0.29, 0.717) is 0 Å². The Bertz CT molecular complexity index is 270. The van der Waals surface area contributed by atoms with E-state index in [2.05, 4.69) is 36.7 Å². The fourth-order valence-corrected chi connectivity index (χ4v) is 1.79. The van der Waals surface area contributed by atoms with Crippen molar-refractivity contribution in [2.24, 2.45) is 7.05 Å². The molecule has 0 bridgehead atoms. The summed E-state index contributed by atoms with van der Waals surface area (Å²) in [4.78, 5) is 0. The van der Waals surface area contributed by atoms with E-state index in [-0.39, 0.29) is 12.4 Å². The summed E-state index contributed by atoms with van der Waals surface area (Å²) in [6.07, 6.45) is 6.16. The fraction of sp³-hybridized carbons (Fsp3) is 0.667. The van der Waals surface area contributed by atoms with Crippen LogP contribution in [0.1, 0.15) is 0 Å². The molecule has 0 aromatic carbocycles. The number of hydrogen-bond donors (Lipinski definition) is 0. The van der Waals surface area contributed by atoms with Gasteiger partial charge in [0.05, 0.1) is 13.7 Å². The van der Waals surface area contributed by atoms with Crippen LogP contribution >= 0.6 is 0 Å². The molecule has 1 aromatic rings. The standard InChI is InChI=1S/C9H19N2OSi.ClH/c1-10-5-6-11(9-10)7-8-12-13(2,3)4;/h5-6,9H,7-8H2,1-4H3;1H/q+1;/p-1. The second kappa shape index (κ2) is 5.53. The summed E-state index contributed by atoms with van der Waals surface area (Å²) in [6, 6.07) is 0. The van der Waals surface area contributed by atoms with E-state index in [1.165, 1.54) is 0 Å². The van der Waals surface area contributed by atoms with Gasteiger partial charge in [-0.1, -0.05) is 0 Å². The largest absolute Gasteiger partial charge is 1.00 e. The molecule has 0 unspecified atom stereocenters. The highest BCUT2D eigenvalue weighted by atomic mass is 35.5. The van der Waals surface area contributed by atoms with Crippen LogP contribution in [0.15, 0.2) is 18.7 Å². The quantitative estimate of drug-likeness (QED) is 0.443. The number of hydrogen-bond acceptors (Lipinski definition) is 1. The van der Waals surface area contributed by atoms with Gasteiger partial charge >= 0.3 is 0 Å². The van der Waals surface area contributed by atoms with Gasteiger partial charge in [0.2, 0.25) is 6.33 Å². The van der Waals surface area contributed by atoms with Crippen molar-refractivity contribution in [2.75, 3.05) is 6.61 Å². The molecule has 14 heavy (non-hydrogen) atoms. The zero-order valence-corrected chi connectivity index (χ0v) is 11.1. The smallest absolute Gasteiger partial charge is 0.243 e. The first-order valence-electron chi connectivity index (χ1n) is 4.62. The van der Waals surface area contributed by atoms with Gasteiger partial charge in [-0.25, -0.2) is 9.13 Å². The van der Waals surface area contributed by atoms with Gasteiger partial charge in [0.25, 0.3) is 0 Å². The maximum atomic E-state index is 5.75. The minimum atomic E-state index is -1.32. The fourth-order valence-electron chi connectivity index (χ4n) is 1.09. The third-order valence-electron chi connectivity index (χ3n) is 1.71. The number of aromatic nitrogens is 2. The molecular weight excluding hydrogens is 216 g/mol. The summed E-state index contributed by atoms with van der Waals surface area (Å²) in [6.45, 7) is 8.41. The van der Waals surface area contributed by atoms with Crippen molar-refractivity contribution in [3.8, 4) is 0 Å². The first-order valence-corrected chi connectivity index (χ1v) is 8.03. The first kappa shape index (κ1) is 13.7. The predicted molar refractivity (Wildman–Crippen MR) is 54.9 cm³/mol. The zero-order valence-electron chi connectivity index (χ0n) is 9.33. The van der Waals surface area contributed by atoms with Crippen LogP contribution in [0.3, 0.4) is 0 Å². The van der Waals surface area contributed by atoms with Gasteiger partial charge in [-0.15, -0.1) is 0 Å². The summed E-state index contributed by atoms with van der Waals surface area (Å²) in [5.41, 5.74) is 0. The zero-order chi connectivity index (χ0) is 9.90. The van der Waals surface area contributed by atoms with Crippen molar-refractivity contribution in [2.45, 2.75) is 26.2 Å². The highest BCUT2D eigenvalue weighted by Gasteiger charge is 2.14. The minimum absolute atomic E-state index is 0. The first-order chi connectivity index (χ1) is 5.97. The van der Waals surface area contributed by atoms with Crippen molar-refractivity contribution in [3.05, 3.63) is 18.7 Å². The minimum Gasteiger partial charge on any atom is -1.00 e. The Morgan fingerprint density at radius 1 is 1.36 bits per heavy atom. The summed E-state index contributed by atoms with van der Waals surface area (Å²) in [7, 11) is 0.699. The maximum Gasteiger partial charge on any atom is 0.243 e. The Labute approximate surface area is 93.2 Å². The Kier molecular flexibility index (Phi) is 5.40. The molecule has 5 heteroatoms. The van der Waals surface area contributed by atoms with Crippen LogP contribution in [0.25, 0.3) is 0 Å². The molecule has 0 radical (unpaired) electrons. The van der Waals surface area contributed by atoms with E-state index < -0.39 is 8.32 Å². The van der Waals surface area contributed by atoms with E-state index >= 15 is 0 Å². The average Bonchev–Trinajstić information content (AvgIpc) is 2.33. The SMILES string of the molecule is C[n+]1ccn(CCO[Si](C)(C)C)c1.[Cl-].